The third-order valence-electron chi connectivity index (χ3n) is 2.61. The molecule has 0 radical (unpaired) electrons. The molecule has 1 atom stereocenters. The lowest BCUT2D eigenvalue weighted by molar-refractivity contribution is -0.138. The highest BCUT2D eigenvalue weighted by Crippen LogP contribution is 2.24. The molecular formula is C14H11BrFNO2. The standard InChI is InChI=1S/C14H11BrFNO2/c15-10-6-7-12(11(16)8-10)17-13(14(18)19)9-4-2-1-3-5-9/h1-8,13,17H,(H,18,19). The van der Waals surface area contributed by atoms with Gasteiger partial charge in [0.2, 0.25) is 0 Å². The molecule has 0 bridgehead atoms. The smallest absolute Gasteiger partial charge is 0.330 e. The third kappa shape index (κ3) is 3.32. The van der Waals surface area contributed by atoms with Gasteiger partial charge in [-0.3, -0.25) is 0 Å². The summed E-state index contributed by atoms with van der Waals surface area (Å²) >= 11 is 3.15. The van der Waals surface area contributed by atoms with Crippen LogP contribution < -0.4 is 5.32 Å². The summed E-state index contributed by atoms with van der Waals surface area (Å²) in [6.07, 6.45) is 0. The van der Waals surface area contributed by atoms with Gasteiger partial charge in [-0.15, -0.1) is 0 Å². The number of carbonyl (C=O) groups is 1. The highest BCUT2D eigenvalue weighted by Gasteiger charge is 2.20. The molecule has 0 saturated carbocycles. The first-order valence-corrected chi connectivity index (χ1v) is 6.36. The minimum Gasteiger partial charge on any atom is -0.479 e. The average Bonchev–Trinajstić information content (AvgIpc) is 2.38. The van der Waals surface area contributed by atoms with Gasteiger partial charge in [0.1, 0.15) is 5.82 Å². The number of nitrogens with one attached hydrogen (secondary N) is 1. The van der Waals surface area contributed by atoms with Gasteiger partial charge in [0.05, 0.1) is 5.69 Å². The summed E-state index contributed by atoms with van der Waals surface area (Å²) < 4.78 is 14.3. The fraction of sp³-hybridized carbons (Fsp3) is 0.0714. The molecule has 2 N–H and O–H groups in total. The third-order valence-corrected chi connectivity index (χ3v) is 3.10. The normalized spacial score (nSPS) is 11.9. The maximum Gasteiger partial charge on any atom is 0.330 e. The van der Waals surface area contributed by atoms with Crippen molar-refractivity contribution in [2.45, 2.75) is 6.04 Å². The zero-order chi connectivity index (χ0) is 13.8. The molecule has 98 valence electrons. The molecule has 0 amide bonds. The number of hydrogen-bond donors (Lipinski definition) is 2. The molecule has 2 rings (SSSR count). The van der Waals surface area contributed by atoms with Crippen LogP contribution in [0.25, 0.3) is 0 Å². The summed E-state index contributed by atoms with van der Waals surface area (Å²) in [4.78, 5) is 11.3. The second kappa shape index (κ2) is 5.84. The predicted octanol–water partition coefficient (Wildman–Crippen LogP) is 3.83. The maximum atomic E-state index is 13.7. The zero-order valence-corrected chi connectivity index (χ0v) is 11.4. The van der Waals surface area contributed by atoms with Gasteiger partial charge < -0.3 is 10.4 Å². The Hall–Kier alpha value is -1.88. The van der Waals surface area contributed by atoms with Crippen molar-refractivity contribution in [2.75, 3.05) is 5.32 Å². The van der Waals surface area contributed by atoms with Crippen molar-refractivity contribution in [2.24, 2.45) is 0 Å². The fourth-order valence-electron chi connectivity index (χ4n) is 1.70. The van der Waals surface area contributed by atoms with Gasteiger partial charge in [0.25, 0.3) is 0 Å². The average molecular weight is 324 g/mol. The quantitative estimate of drug-likeness (QED) is 0.899. The van der Waals surface area contributed by atoms with Gasteiger partial charge in [0, 0.05) is 4.47 Å². The molecule has 0 heterocycles. The van der Waals surface area contributed by atoms with Crippen molar-refractivity contribution < 1.29 is 14.3 Å². The SMILES string of the molecule is O=C(O)C(Nc1ccc(Br)cc1F)c1ccccc1. The molecule has 0 aliphatic heterocycles. The number of hydrogen-bond acceptors (Lipinski definition) is 2. The van der Waals surface area contributed by atoms with Crippen LogP contribution >= 0.6 is 15.9 Å². The summed E-state index contributed by atoms with van der Waals surface area (Å²) in [7, 11) is 0. The molecule has 2 aromatic carbocycles. The molecule has 1 unspecified atom stereocenters. The van der Waals surface area contributed by atoms with Crippen LogP contribution in [-0.2, 0) is 4.79 Å². The lowest BCUT2D eigenvalue weighted by Crippen LogP contribution is -2.20. The van der Waals surface area contributed by atoms with Crippen molar-refractivity contribution in [3.05, 3.63) is 64.4 Å². The molecule has 2 aromatic rings. The van der Waals surface area contributed by atoms with E-state index in [2.05, 4.69) is 21.2 Å². The van der Waals surface area contributed by atoms with Crippen molar-refractivity contribution >= 4 is 27.6 Å². The van der Waals surface area contributed by atoms with Crippen LogP contribution in [0.4, 0.5) is 10.1 Å². The Morgan fingerprint density at radius 1 is 1.21 bits per heavy atom. The second-order valence-electron chi connectivity index (χ2n) is 3.95. The zero-order valence-electron chi connectivity index (χ0n) is 9.81. The topological polar surface area (TPSA) is 49.3 Å². The lowest BCUT2D eigenvalue weighted by Gasteiger charge is -2.16. The summed E-state index contributed by atoms with van der Waals surface area (Å²) in [5.74, 6) is -1.56. The van der Waals surface area contributed by atoms with Crippen LogP contribution in [0.1, 0.15) is 11.6 Å². The summed E-state index contributed by atoms with van der Waals surface area (Å²) in [6, 6.07) is 12.1. The van der Waals surface area contributed by atoms with Gasteiger partial charge in [-0.1, -0.05) is 46.3 Å². The number of carboxylic acid groups (broad SMARTS) is 1. The first-order chi connectivity index (χ1) is 9.08. The van der Waals surface area contributed by atoms with E-state index in [1.807, 2.05) is 0 Å². The molecular weight excluding hydrogens is 313 g/mol. The van der Waals surface area contributed by atoms with E-state index >= 15 is 0 Å². The number of aliphatic carboxylic acids is 1. The molecule has 0 saturated heterocycles. The van der Waals surface area contributed by atoms with E-state index in [-0.39, 0.29) is 5.69 Å². The molecule has 0 aliphatic carbocycles. The first-order valence-electron chi connectivity index (χ1n) is 5.57. The van der Waals surface area contributed by atoms with Gasteiger partial charge in [-0.2, -0.15) is 0 Å². The summed E-state index contributed by atoms with van der Waals surface area (Å²) in [5.41, 5.74) is 0.719. The Balaban J connectivity index is 2.29. The van der Waals surface area contributed by atoms with E-state index in [1.165, 1.54) is 12.1 Å². The molecule has 0 aromatic heterocycles. The van der Waals surface area contributed by atoms with Crippen LogP contribution in [0, 0.1) is 5.82 Å². The van der Waals surface area contributed by atoms with Gasteiger partial charge in [-0.05, 0) is 23.8 Å². The molecule has 5 heteroatoms. The number of halogens is 2. The first kappa shape index (κ1) is 13.5. The van der Waals surface area contributed by atoms with Gasteiger partial charge in [-0.25, -0.2) is 9.18 Å². The van der Waals surface area contributed by atoms with Crippen molar-refractivity contribution in [1.82, 2.24) is 0 Å². The highest BCUT2D eigenvalue weighted by molar-refractivity contribution is 9.10. The second-order valence-corrected chi connectivity index (χ2v) is 4.87. The molecule has 19 heavy (non-hydrogen) atoms. The molecule has 0 fully saturated rings. The Morgan fingerprint density at radius 2 is 1.89 bits per heavy atom. The number of carboxylic acids is 1. The summed E-state index contributed by atoms with van der Waals surface area (Å²) in [5, 5.41) is 11.9. The minimum atomic E-state index is -1.06. The lowest BCUT2D eigenvalue weighted by atomic mass is 10.1. The minimum absolute atomic E-state index is 0.152. The van der Waals surface area contributed by atoms with Crippen molar-refractivity contribution in [3.63, 3.8) is 0 Å². The van der Waals surface area contributed by atoms with E-state index in [0.29, 0.717) is 10.0 Å². The predicted molar refractivity (Wildman–Crippen MR) is 74.5 cm³/mol. The number of rotatable bonds is 4. The van der Waals surface area contributed by atoms with Gasteiger partial charge >= 0.3 is 5.97 Å². The van der Waals surface area contributed by atoms with Crippen LogP contribution in [-0.4, -0.2) is 11.1 Å². The Morgan fingerprint density at radius 3 is 2.47 bits per heavy atom. The van der Waals surface area contributed by atoms with E-state index < -0.39 is 17.8 Å². The Bertz CT molecular complexity index is 589. The number of anilines is 1. The van der Waals surface area contributed by atoms with E-state index in [0.717, 1.165) is 0 Å². The number of benzene rings is 2. The monoisotopic (exact) mass is 323 g/mol. The van der Waals surface area contributed by atoms with E-state index in [9.17, 15) is 14.3 Å². The molecule has 0 spiro atoms. The van der Waals surface area contributed by atoms with Crippen molar-refractivity contribution in [3.8, 4) is 0 Å². The summed E-state index contributed by atoms with van der Waals surface area (Å²) in [6.45, 7) is 0. The van der Waals surface area contributed by atoms with Gasteiger partial charge in [0.15, 0.2) is 6.04 Å². The fourth-order valence-corrected chi connectivity index (χ4v) is 2.03. The van der Waals surface area contributed by atoms with Crippen LogP contribution in [0.2, 0.25) is 0 Å². The largest absolute Gasteiger partial charge is 0.479 e. The van der Waals surface area contributed by atoms with Crippen molar-refractivity contribution in [1.29, 1.82) is 0 Å². The van der Waals surface area contributed by atoms with Crippen LogP contribution in [0.15, 0.2) is 53.0 Å². The maximum absolute atomic E-state index is 13.7. The Labute approximate surface area is 118 Å². The Kier molecular flexibility index (Phi) is 4.16. The van der Waals surface area contributed by atoms with E-state index in [1.54, 1.807) is 36.4 Å². The molecule has 0 aliphatic rings. The van der Waals surface area contributed by atoms with Crippen LogP contribution in [0.5, 0.6) is 0 Å². The highest BCUT2D eigenvalue weighted by atomic mass is 79.9. The van der Waals surface area contributed by atoms with Crippen LogP contribution in [0.3, 0.4) is 0 Å². The van der Waals surface area contributed by atoms with E-state index in [4.69, 9.17) is 0 Å². The molecule has 3 nitrogen and oxygen atoms in total.